The van der Waals surface area contributed by atoms with Gasteiger partial charge in [-0.3, -0.25) is 24.0 Å². The number of hydrogen-bond donors (Lipinski definition) is 8. The molecule has 0 radical (unpaired) electrons. The summed E-state index contributed by atoms with van der Waals surface area (Å²) in [6, 6.07) is 2.63. The molecule has 0 heterocycles. The number of carboxylic acid groups (broad SMARTS) is 3. The zero-order valence-electron chi connectivity index (χ0n) is 18.5. The number of amides is 3. The molecule has 9 N–H and O–H groups in total. The fourth-order valence-electron chi connectivity index (χ4n) is 2.89. The summed E-state index contributed by atoms with van der Waals surface area (Å²) in [4.78, 5) is 70.4. The molecule has 1 rings (SSSR count). The quantitative estimate of drug-likeness (QED) is 0.125. The fraction of sp³-hybridized carbons (Fsp3) is 0.429. The Bertz CT molecular complexity index is 924. The van der Waals surface area contributed by atoms with Gasteiger partial charge < -0.3 is 42.1 Å². The average molecular weight is 496 g/mol. The Labute approximate surface area is 199 Å². The van der Waals surface area contributed by atoms with Crippen molar-refractivity contribution in [2.24, 2.45) is 5.73 Å². The maximum atomic E-state index is 12.5. The minimum absolute atomic E-state index is 0.128. The summed E-state index contributed by atoms with van der Waals surface area (Å²) in [5, 5.41) is 42.7. The lowest BCUT2D eigenvalue weighted by molar-refractivity contribution is -0.144. The van der Waals surface area contributed by atoms with E-state index in [9.17, 15) is 33.9 Å². The normalized spacial score (nSPS) is 14.0. The first kappa shape index (κ1) is 29.0. The summed E-state index contributed by atoms with van der Waals surface area (Å²) in [6.07, 6.45) is -1.90. The van der Waals surface area contributed by atoms with Crippen LogP contribution in [0.5, 0.6) is 0 Å². The van der Waals surface area contributed by atoms with Crippen LogP contribution in [0.15, 0.2) is 30.3 Å². The van der Waals surface area contributed by atoms with Gasteiger partial charge in [-0.25, -0.2) is 4.79 Å². The number of aliphatic hydroxyl groups excluding tert-OH is 1. The van der Waals surface area contributed by atoms with Gasteiger partial charge >= 0.3 is 17.9 Å². The van der Waals surface area contributed by atoms with Gasteiger partial charge in [0.15, 0.2) is 0 Å². The molecule has 14 heteroatoms. The number of rotatable bonds is 15. The van der Waals surface area contributed by atoms with Crippen molar-refractivity contribution in [1.29, 1.82) is 0 Å². The van der Waals surface area contributed by atoms with Crippen molar-refractivity contribution in [3.63, 3.8) is 0 Å². The van der Waals surface area contributed by atoms with E-state index in [-0.39, 0.29) is 6.42 Å². The standard InChI is InChI=1S/C21H28N4O10/c22-12(8-11-4-2-1-3-5-11)18(31)25-15(10-26)20(33)24-14(9-17(29)30)19(32)23-13(21(34)35)6-7-16(27)28/h1-5,12-15,26H,6-10,22H2,(H,23,32)(H,24,33)(H,25,31)(H,27,28)(H,29,30)(H,34,35). The van der Waals surface area contributed by atoms with Gasteiger partial charge in [0.25, 0.3) is 0 Å². The Kier molecular flexibility index (Phi) is 11.8. The van der Waals surface area contributed by atoms with Crippen LogP contribution in [0.3, 0.4) is 0 Å². The molecule has 35 heavy (non-hydrogen) atoms. The number of nitrogens with one attached hydrogen (secondary N) is 3. The van der Waals surface area contributed by atoms with Crippen LogP contribution in [0.2, 0.25) is 0 Å². The van der Waals surface area contributed by atoms with Crippen LogP contribution in [0.1, 0.15) is 24.8 Å². The van der Waals surface area contributed by atoms with Gasteiger partial charge in [-0.1, -0.05) is 30.3 Å². The monoisotopic (exact) mass is 496 g/mol. The van der Waals surface area contributed by atoms with Gasteiger partial charge in [0.05, 0.1) is 19.1 Å². The third-order valence-electron chi connectivity index (χ3n) is 4.72. The highest BCUT2D eigenvalue weighted by atomic mass is 16.4. The minimum Gasteiger partial charge on any atom is -0.481 e. The second-order valence-corrected chi connectivity index (χ2v) is 7.53. The molecule has 0 spiro atoms. The second kappa shape index (κ2) is 14.3. The van der Waals surface area contributed by atoms with Gasteiger partial charge in [-0.2, -0.15) is 0 Å². The van der Waals surface area contributed by atoms with Crippen LogP contribution >= 0.6 is 0 Å². The number of aliphatic carboxylic acids is 3. The number of benzene rings is 1. The molecule has 192 valence electrons. The third-order valence-corrected chi connectivity index (χ3v) is 4.72. The molecule has 4 atom stereocenters. The highest BCUT2D eigenvalue weighted by molar-refractivity contribution is 5.95. The summed E-state index contributed by atoms with van der Waals surface area (Å²) in [5.74, 6) is -7.51. The highest BCUT2D eigenvalue weighted by Crippen LogP contribution is 2.04. The Morgan fingerprint density at radius 2 is 1.31 bits per heavy atom. The minimum atomic E-state index is -1.78. The van der Waals surface area contributed by atoms with Crippen LogP contribution in [0.4, 0.5) is 0 Å². The molecular weight excluding hydrogens is 468 g/mol. The number of carbonyl (C=O) groups excluding carboxylic acids is 3. The van der Waals surface area contributed by atoms with Crippen LogP contribution in [-0.2, 0) is 35.2 Å². The number of hydrogen-bond acceptors (Lipinski definition) is 8. The summed E-state index contributed by atoms with van der Waals surface area (Å²) in [6.45, 7) is -0.909. The maximum absolute atomic E-state index is 12.5. The number of carboxylic acids is 3. The molecular formula is C21H28N4O10. The average Bonchev–Trinajstić information content (AvgIpc) is 2.79. The molecule has 4 unspecified atom stereocenters. The molecule has 1 aromatic carbocycles. The molecule has 0 saturated carbocycles. The lowest BCUT2D eigenvalue weighted by Crippen LogP contribution is -2.58. The first-order valence-corrected chi connectivity index (χ1v) is 10.4. The molecule has 0 aliphatic heterocycles. The highest BCUT2D eigenvalue weighted by Gasteiger charge is 2.31. The maximum Gasteiger partial charge on any atom is 0.326 e. The van der Waals surface area contributed by atoms with Crippen LogP contribution < -0.4 is 21.7 Å². The Hall–Kier alpha value is -4.04. The van der Waals surface area contributed by atoms with E-state index < -0.39 is 85.7 Å². The molecule has 14 nitrogen and oxygen atoms in total. The van der Waals surface area contributed by atoms with E-state index in [1.807, 2.05) is 10.6 Å². The van der Waals surface area contributed by atoms with Gasteiger partial charge in [-0.05, 0) is 18.4 Å². The van der Waals surface area contributed by atoms with E-state index in [0.717, 1.165) is 5.56 Å². The largest absolute Gasteiger partial charge is 0.481 e. The van der Waals surface area contributed by atoms with Crippen molar-refractivity contribution < 1.29 is 49.2 Å². The van der Waals surface area contributed by atoms with E-state index in [1.54, 1.807) is 30.3 Å². The lowest BCUT2D eigenvalue weighted by Gasteiger charge is -2.23. The van der Waals surface area contributed by atoms with E-state index >= 15 is 0 Å². The first-order chi connectivity index (χ1) is 16.4. The molecule has 1 aromatic rings. The summed E-state index contributed by atoms with van der Waals surface area (Å²) in [5.41, 5.74) is 6.58. The predicted octanol–water partition coefficient (Wildman–Crippen LogP) is -2.57. The van der Waals surface area contributed by atoms with Crippen molar-refractivity contribution in [3.8, 4) is 0 Å². The Balaban J connectivity index is 2.84. The summed E-state index contributed by atoms with van der Waals surface area (Å²) < 4.78 is 0. The van der Waals surface area contributed by atoms with Gasteiger partial charge in [-0.15, -0.1) is 0 Å². The SMILES string of the molecule is NC(Cc1ccccc1)C(=O)NC(CO)C(=O)NC(CC(=O)O)C(=O)NC(CCC(=O)O)C(=O)O. The number of nitrogens with two attached hydrogens (primary N) is 1. The topological polar surface area (TPSA) is 245 Å². The van der Waals surface area contributed by atoms with E-state index in [1.165, 1.54) is 0 Å². The first-order valence-electron chi connectivity index (χ1n) is 10.4. The van der Waals surface area contributed by atoms with Crippen molar-refractivity contribution in [2.75, 3.05) is 6.61 Å². The molecule has 0 aromatic heterocycles. The third kappa shape index (κ3) is 10.6. The Morgan fingerprint density at radius 3 is 1.83 bits per heavy atom. The predicted molar refractivity (Wildman–Crippen MR) is 118 cm³/mol. The molecule has 0 bridgehead atoms. The molecule has 0 aliphatic rings. The van der Waals surface area contributed by atoms with Gasteiger partial charge in [0.2, 0.25) is 17.7 Å². The zero-order valence-corrected chi connectivity index (χ0v) is 18.5. The summed E-state index contributed by atoms with van der Waals surface area (Å²) >= 11 is 0. The van der Waals surface area contributed by atoms with Crippen LogP contribution in [-0.4, -0.2) is 86.8 Å². The summed E-state index contributed by atoms with van der Waals surface area (Å²) in [7, 11) is 0. The molecule has 0 fully saturated rings. The molecule has 0 saturated heterocycles. The van der Waals surface area contributed by atoms with Crippen LogP contribution in [0.25, 0.3) is 0 Å². The molecule has 3 amide bonds. The van der Waals surface area contributed by atoms with E-state index in [2.05, 4.69) is 5.32 Å². The zero-order chi connectivity index (χ0) is 26.5. The number of aliphatic hydroxyl groups is 1. The fourth-order valence-corrected chi connectivity index (χ4v) is 2.89. The van der Waals surface area contributed by atoms with Crippen molar-refractivity contribution >= 4 is 35.6 Å². The van der Waals surface area contributed by atoms with Crippen molar-refractivity contribution in [1.82, 2.24) is 16.0 Å². The Morgan fingerprint density at radius 1 is 0.771 bits per heavy atom. The van der Waals surface area contributed by atoms with E-state index in [4.69, 9.17) is 21.1 Å². The van der Waals surface area contributed by atoms with Crippen molar-refractivity contribution in [2.45, 2.75) is 49.9 Å². The van der Waals surface area contributed by atoms with Crippen molar-refractivity contribution in [3.05, 3.63) is 35.9 Å². The van der Waals surface area contributed by atoms with Gasteiger partial charge in [0, 0.05) is 6.42 Å². The lowest BCUT2D eigenvalue weighted by atomic mass is 10.1. The van der Waals surface area contributed by atoms with E-state index in [0.29, 0.717) is 0 Å². The van der Waals surface area contributed by atoms with Crippen LogP contribution in [0, 0.1) is 0 Å². The number of carbonyl (C=O) groups is 6. The smallest absolute Gasteiger partial charge is 0.326 e. The van der Waals surface area contributed by atoms with Gasteiger partial charge in [0.1, 0.15) is 18.1 Å². The molecule has 0 aliphatic carbocycles. The second-order valence-electron chi connectivity index (χ2n) is 7.53.